The van der Waals surface area contributed by atoms with Crippen molar-refractivity contribution in [3.63, 3.8) is 0 Å². The number of ether oxygens (including phenoxy) is 1. The van der Waals surface area contributed by atoms with Gasteiger partial charge in [0.25, 0.3) is 0 Å². The molecule has 112 valence electrons. The van der Waals surface area contributed by atoms with Crippen LogP contribution in [-0.2, 0) is 4.74 Å². The molecule has 0 aromatic rings. The van der Waals surface area contributed by atoms with Crippen molar-refractivity contribution in [2.24, 2.45) is 0 Å². The van der Waals surface area contributed by atoms with Crippen molar-refractivity contribution in [3.8, 4) is 0 Å². The second kappa shape index (κ2) is 8.58. The van der Waals surface area contributed by atoms with E-state index < -0.39 is 23.8 Å². The van der Waals surface area contributed by atoms with Gasteiger partial charge in [-0.1, -0.05) is 0 Å². The number of hydrogen-bond donors (Lipinski definition) is 4. The zero-order valence-corrected chi connectivity index (χ0v) is 11.7. The van der Waals surface area contributed by atoms with Crippen molar-refractivity contribution in [1.29, 1.82) is 0 Å². The largest absolute Gasteiger partial charge is 0.465 e. The van der Waals surface area contributed by atoms with E-state index in [1.54, 1.807) is 20.8 Å². The molecular formula is C12H24N2O5. The third-order valence-electron chi connectivity index (χ3n) is 2.20. The summed E-state index contributed by atoms with van der Waals surface area (Å²) >= 11 is 0. The lowest BCUT2D eigenvalue weighted by atomic mass is 10.1. The average molecular weight is 276 g/mol. The minimum absolute atomic E-state index is 0.230. The molecular weight excluding hydrogens is 252 g/mol. The van der Waals surface area contributed by atoms with Crippen LogP contribution in [0.1, 0.15) is 40.0 Å². The van der Waals surface area contributed by atoms with Gasteiger partial charge in [0, 0.05) is 6.54 Å². The zero-order valence-electron chi connectivity index (χ0n) is 11.7. The number of carbonyl (C=O) groups excluding carboxylic acids is 1. The van der Waals surface area contributed by atoms with E-state index in [4.69, 9.17) is 14.9 Å². The quantitative estimate of drug-likeness (QED) is 0.524. The minimum Gasteiger partial charge on any atom is -0.465 e. The van der Waals surface area contributed by atoms with E-state index in [1.807, 2.05) is 0 Å². The van der Waals surface area contributed by atoms with Crippen LogP contribution in [0.3, 0.4) is 0 Å². The smallest absolute Gasteiger partial charge is 0.407 e. The molecule has 2 amide bonds. The summed E-state index contributed by atoms with van der Waals surface area (Å²) in [5, 5.41) is 22.3. The number of rotatable bonds is 7. The molecule has 0 aromatic carbocycles. The molecule has 0 aliphatic heterocycles. The molecule has 4 N–H and O–H groups in total. The molecule has 0 aliphatic carbocycles. The molecule has 1 unspecified atom stereocenters. The summed E-state index contributed by atoms with van der Waals surface area (Å²) in [5.74, 6) is 0. The SMILES string of the molecule is CC(C)(C)OC(=O)NCCCCC(CO)NC(=O)O. The molecule has 7 nitrogen and oxygen atoms in total. The van der Waals surface area contributed by atoms with Crippen molar-refractivity contribution in [2.45, 2.75) is 51.7 Å². The molecule has 0 heterocycles. The highest BCUT2D eigenvalue weighted by atomic mass is 16.6. The Bertz CT molecular complexity index is 288. The summed E-state index contributed by atoms with van der Waals surface area (Å²) < 4.78 is 5.06. The summed E-state index contributed by atoms with van der Waals surface area (Å²) in [7, 11) is 0. The van der Waals surface area contributed by atoms with Gasteiger partial charge < -0.3 is 25.6 Å². The van der Waals surface area contributed by atoms with Crippen molar-refractivity contribution >= 4 is 12.2 Å². The number of alkyl carbamates (subject to hydrolysis) is 1. The third kappa shape index (κ3) is 11.3. The number of carboxylic acid groups (broad SMARTS) is 1. The molecule has 0 fully saturated rings. The molecule has 0 saturated heterocycles. The van der Waals surface area contributed by atoms with Crippen molar-refractivity contribution in [3.05, 3.63) is 0 Å². The number of nitrogens with one attached hydrogen (secondary N) is 2. The number of aliphatic hydroxyl groups excluding tert-OH is 1. The van der Waals surface area contributed by atoms with Crippen molar-refractivity contribution in [1.82, 2.24) is 10.6 Å². The van der Waals surface area contributed by atoms with Crippen LogP contribution in [0.5, 0.6) is 0 Å². The number of aliphatic hydroxyl groups is 1. The van der Waals surface area contributed by atoms with Crippen LogP contribution in [0.15, 0.2) is 0 Å². The van der Waals surface area contributed by atoms with Gasteiger partial charge in [0.15, 0.2) is 0 Å². The van der Waals surface area contributed by atoms with Gasteiger partial charge in [-0.3, -0.25) is 0 Å². The first-order valence-electron chi connectivity index (χ1n) is 6.32. The Labute approximate surface area is 113 Å². The van der Waals surface area contributed by atoms with Crippen LogP contribution in [0.25, 0.3) is 0 Å². The van der Waals surface area contributed by atoms with Crippen LogP contribution in [0.4, 0.5) is 9.59 Å². The fourth-order valence-electron chi connectivity index (χ4n) is 1.40. The zero-order chi connectivity index (χ0) is 14.9. The standard InChI is InChI=1S/C12H24N2O5/c1-12(2,3)19-11(18)13-7-5-4-6-9(8-15)14-10(16)17/h9,14-15H,4-8H2,1-3H3,(H,13,18)(H,16,17). The Kier molecular flexibility index (Phi) is 7.90. The molecule has 7 heteroatoms. The van der Waals surface area contributed by atoms with Gasteiger partial charge in [0.1, 0.15) is 5.60 Å². The van der Waals surface area contributed by atoms with Gasteiger partial charge in [0.05, 0.1) is 12.6 Å². The van der Waals surface area contributed by atoms with Crippen molar-refractivity contribution in [2.75, 3.05) is 13.2 Å². The van der Waals surface area contributed by atoms with E-state index in [-0.39, 0.29) is 6.61 Å². The average Bonchev–Trinajstić information content (AvgIpc) is 2.23. The summed E-state index contributed by atoms with van der Waals surface area (Å²) in [5.41, 5.74) is -0.516. The predicted octanol–water partition coefficient (Wildman–Crippen LogP) is 1.31. The van der Waals surface area contributed by atoms with Crippen LogP contribution in [0.2, 0.25) is 0 Å². The lowest BCUT2D eigenvalue weighted by Crippen LogP contribution is -2.36. The Morgan fingerprint density at radius 3 is 2.37 bits per heavy atom. The Balaban J connectivity index is 3.64. The van der Waals surface area contributed by atoms with E-state index in [0.29, 0.717) is 25.8 Å². The maximum absolute atomic E-state index is 11.3. The first-order chi connectivity index (χ1) is 8.74. The van der Waals surface area contributed by atoms with Crippen LogP contribution in [-0.4, -0.2) is 47.2 Å². The number of unbranched alkanes of at least 4 members (excludes halogenated alkanes) is 1. The number of hydrogen-bond acceptors (Lipinski definition) is 4. The summed E-state index contributed by atoms with van der Waals surface area (Å²) in [6, 6.07) is -0.459. The van der Waals surface area contributed by atoms with Crippen LogP contribution < -0.4 is 10.6 Å². The second-order valence-corrected chi connectivity index (χ2v) is 5.25. The molecule has 0 aromatic heterocycles. The Morgan fingerprint density at radius 1 is 1.26 bits per heavy atom. The van der Waals surface area contributed by atoms with Crippen LogP contribution in [0, 0.1) is 0 Å². The molecule has 19 heavy (non-hydrogen) atoms. The molecule has 0 radical (unpaired) electrons. The molecule has 0 saturated carbocycles. The molecule has 0 aliphatic rings. The van der Waals surface area contributed by atoms with Gasteiger partial charge >= 0.3 is 12.2 Å². The van der Waals surface area contributed by atoms with Gasteiger partial charge in [-0.2, -0.15) is 0 Å². The second-order valence-electron chi connectivity index (χ2n) is 5.25. The molecule has 0 bridgehead atoms. The molecule has 1 atom stereocenters. The summed E-state index contributed by atoms with van der Waals surface area (Å²) in [6.07, 6.45) is 0.303. The van der Waals surface area contributed by atoms with E-state index in [2.05, 4.69) is 10.6 Å². The van der Waals surface area contributed by atoms with Gasteiger partial charge in [-0.15, -0.1) is 0 Å². The summed E-state index contributed by atoms with van der Waals surface area (Å²) in [6.45, 7) is 5.59. The first-order valence-corrected chi connectivity index (χ1v) is 6.32. The predicted molar refractivity (Wildman–Crippen MR) is 70.1 cm³/mol. The maximum Gasteiger partial charge on any atom is 0.407 e. The van der Waals surface area contributed by atoms with Crippen LogP contribution >= 0.6 is 0 Å². The maximum atomic E-state index is 11.3. The Hall–Kier alpha value is -1.50. The van der Waals surface area contributed by atoms with Gasteiger partial charge in [-0.05, 0) is 40.0 Å². The number of amides is 2. The van der Waals surface area contributed by atoms with E-state index in [1.165, 1.54) is 0 Å². The fourth-order valence-corrected chi connectivity index (χ4v) is 1.40. The molecule has 0 rings (SSSR count). The number of carbonyl (C=O) groups is 2. The topological polar surface area (TPSA) is 108 Å². The first kappa shape index (κ1) is 17.5. The van der Waals surface area contributed by atoms with Gasteiger partial charge in [-0.25, -0.2) is 9.59 Å². The summed E-state index contributed by atoms with van der Waals surface area (Å²) in [4.78, 5) is 21.7. The fraction of sp³-hybridized carbons (Fsp3) is 0.833. The van der Waals surface area contributed by atoms with E-state index in [9.17, 15) is 9.59 Å². The van der Waals surface area contributed by atoms with Gasteiger partial charge in [0.2, 0.25) is 0 Å². The Morgan fingerprint density at radius 2 is 1.89 bits per heavy atom. The van der Waals surface area contributed by atoms with Crippen molar-refractivity contribution < 1.29 is 24.5 Å². The third-order valence-corrected chi connectivity index (χ3v) is 2.20. The van der Waals surface area contributed by atoms with E-state index >= 15 is 0 Å². The highest BCUT2D eigenvalue weighted by Gasteiger charge is 2.15. The highest BCUT2D eigenvalue weighted by Crippen LogP contribution is 2.06. The minimum atomic E-state index is -1.15. The monoisotopic (exact) mass is 276 g/mol. The lowest BCUT2D eigenvalue weighted by molar-refractivity contribution is 0.0527. The highest BCUT2D eigenvalue weighted by molar-refractivity contribution is 5.67. The molecule has 0 spiro atoms. The lowest BCUT2D eigenvalue weighted by Gasteiger charge is -2.19. The van der Waals surface area contributed by atoms with E-state index in [0.717, 1.165) is 0 Å². The normalized spacial score (nSPS) is 12.6.